The number of hydrogen-bond donors (Lipinski definition) is 0. The van der Waals surface area contributed by atoms with Gasteiger partial charge in [-0.1, -0.05) is 12.1 Å². The number of methoxy groups -OCH3 is 1. The summed E-state index contributed by atoms with van der Waals surface area (Å²) in [5, 5.41) is 10.6. The van der Waals surface area contributed by atoms with Gasteiger partial charge in [0.05, 0.1) is 17.6 Å². The van der Waals surface area contributed by atoms with E-state index in [2.05, 4.69) is 4.74 Å². The summed E-state index contributed by atoms with van der Waals surface area (Å²) in [5.41, 5.74) is 0.325. The molecule has 78 valence electrons. The third kappa shape index (κ3) is 2.91. The van der Waals surface area contributed by atoms with Gasteiger partial charge in [-0.2, -0.15) is 0 Å². The first-order valence-electron chi connectivity index (χ1n) is 4.14. The van der Waals surface area contributed by atoms with Gasteiger partial charge in [0.1, 0.15) is 0 Å². The van der Waals surface area contributed by atoms with E-state index in [0.29, 0.717) is 5.56 Å². The molecule has 1 rings (SSSR count). The molecule has 0 aromatic heterocycles. The summed E-state index contributed by atoms with van der Waals surface area (Å²) in [5.74, 6) is -0.548. The smallest absolute Gasteiger partial charge is 0.330 e. The number of ether oxygens (including phenoxy) is 1. The number of benzene rings is 1. The van der Waals surface area contributed by atoms with Gasteiger partial charge in [0.25, 0.3) is 5.69 Å². The van der Waals surface area contributed by atoms with Crippen LogP contribution in [0.25, 0.3) is 6.08 Å². The number of hydrogen-bond acceptors (Lipinski definition) is 4. The Kier molecular flexibility index (Phi) is 3.56. The van der Waals surface area contributed by atoms with Crippen LogP contribution in [0.4, 0.5) is 5.69 Å². The predicted octanol–water partition coefficient (Wildman–Crippen LogP) is 1.78. The van der Waals surface area contributed by atoms with E-state index in [0.717, 1.165) is 6.08 Å². The molecule has 0 fully saturated rings. The Bertz CT molecular complexity index is 412. The van der Waals surface area contributed by atoms with E-state index in [1.807, 2.05) is 0 Å². The number of carbonyl (C=O) groups is 1. The second-order valence-electron chi connectivity index (χ2n) is 2.67. The molecule has 15 heavy (non-hydrogen) atoms. The molecule has 0 N–H and O–H groups in total. The summed E-state index contributed by atoms with van der Waals surface area (Å²) in [6.45, 7) is 0. The monoisotopic (exact) mass is 207 g/mol. The highest BCUT2D eigenvalue weighted by molar-refractivity contribution is 5.87. The molecule has 5 nitrogen and oxygen atoms in total. The maximum absolute atomic E-state index is 10.8. The van der Waals surface area contributed by atoms with Crippen molar-refractivity contribution in [3.63, 3.8) is 0 Å². The van der Waals surface area contributed by atoms with Gasteiger partial charge in [0.15, 0.2) is 0 Å². The lowest BCUT2D eigenvalue weighted by Gasteiger charge is -1.95. The van der Waals surface area contributed by atoms with Crippen LogP contribution in [0, 0.1) is 10.1 Å². The van der Waals surface area contributed by atoms with Gasteiger partial charge >= 0.3 is 5.97 Å². The minimum absolute atomic E-state index is 0.0438. The first-order chi connectivity index (χ1) is 7.15. The lowest BCUT2D eigenvalue weighted by Crippen LogP contribution is -1.94. The molecule has 1 aromatic rings. The highest BCUT2D eigenvalue weighted by atomic mass is 16.6. The predicted molar refractivity (Wildman–Crippen MR) is 54.1 cm³/mol. The van der Waals surface area contributed by atoms with Crippen molar-refractivity contribution in [2.75, 3.05) is 7.11 Å². The van der Waals surface area contributed by atoms with Gasteiger partial charge in [0, 0.05) is 12.1 Å². The summed E-state index contributed by atoms with van der Waals surface area (Å²) in [7, 11) is 1.24. The lowest BCUT2D eigenvalue weighted by molar-refractivity contribution is -0.385. The molecule has 5 heteroatoms. The number of nitro groups is 1. The number of carbonyl (C=O) groups excluding carboxylic acids is 1. The molecule has 0 saturated heterocycles. The summed E-state index contributed by atoms with van der Waals surface area (Å²) >= 11 is 0. The van der Waals surface area contributed by atoms with Crippen molar-refractivity contribution in [3.8, 4) is 0 Å². The second kappa shape index (κ2) is 4.90. The number of nitrogens with zero attached hydrogens (tertiary/aromatic N) is 1. The zero-order chi connectivity index (χ0) is 11.3. The van der Waals surface area contributed by atoms with E-state index in [4.69, 9.17) is 0 Å². The maximum Gasteiger partial charge on any atom is 0.330 e. The van der Waals surface area contributed by atoms with Crippen LogP contribution in [0.2, 0.25) is 0 Å². The molecule has 0 atom stereocenters. The number of rotatable bonds is 3. The van der Waals surface area contributed by atoms with Crippen molar-refractivity contribution < 1.29 is 14.5 Å². The highest BCUT2D eigenvalue weighted by Gasteiger charge is 2.09. The number of para-hydroxylation sites is 1. The van der Waals surface area contributed by atoms with Crippen LogP contribution in [0.3, 0.4) is 0 Å². The Morgan fingerprint density at radius 2 is 2.13 bits per heavy atom. The first-order valence-corrected chi connectivity index (χ1v) is 4.14. The third-order valence-electron chi connectivity index (χ3n) is 1.73. The molecular weight excluding hydrogens is 198 g/mol. The van der Waals surface area contributed by atoms with Crippen molar-refractivity contribution in [2.45, 2.75) is 0 Å². The van der Waals surface area contributed by atoms with E-state index in [1.165, 1.54) is 19.3 Å². The Hall–Kier alpha value is -2.17. The molecule has 0 aliphatic rings. The van der Waals surface area contributed by atoms with E-state index in [1.54, 1.807) is 18.2 Å². The molecule has 0 heterocycles. The largest absolute Gasteiger partial charge is 0.466 e. The van der Waals surface area contributed by atoms with Gasteiger partial charge in [-0.3, -0.25) is 10.1 Å². The Balaban J connectivity index is 2.99. The number of nitro benzene ring substituents is 1. The minimum Gasteiger partial charge on any atom is -0.466 e. The van der Waals surface area contributed by atoms with Crippen molar-refractivity contribution in [3.05, 3.63) is 46.0 Å². The van der Waals surface area contributed by atoms with Crippen molar-refractivity contribution >= 4 is 17.7 Å². The van der Waals surface area contributed by atoms with Gasteiger partial charge in [-0.25, -0.2) is 4.79 Å². The van der Waals surface area contributed by atoms with Gasteiger partial charge < -0.3 is 4.74 Å². The van der Waals surface area contributed by atoms with E-state index >= 15 is 0 Å². The van der Waals surface area contributed by atoms with Crippen LogP contribution < -0.4 is 0 Å². The molecule has 0 saturated carbocycles. The molecule has 0 aliphatic heterocycles. The topological polar surface area (TPSA) is 69.4 Å². The maximum atomic E-state index is 10.8. The van der Waals surface area contributed by atoms with Crippen LogP contribution in [0.5, 0.6) is 0 Å². The standard InChI is InChI=1S/C10H9NO4/c1-15-10(12)7-6-8-4-2-3-5-9(8)11(13)14/h2-7H,1H3/b7-6-. The number of esters is 1. The molecular formula is C10H9NO4. The van der Waals surface area contributed by atoms with Crippen LogP contribution in [0.1, 0.15) is 5.56 Å². The summed E-state index contributed by atoms with van der Waals surface area (Å²) in [6, 6.07) is 6.14. The van der Waals surface area contributed by atoms with E-state index in [9.17, 15) is 14.9 Å². The zero-order valence-corrected chi connectivity index (χ0v) is 8.04. The van der Waals surface area contributed by atoms with Crippen molar-refractivity contribution in [1.29, 1.82) is 0 Å². The third-order valence-corrected chi connectivity index (χ3v) is 1.73. The average molecular weight is 207 g/mol. The summed E-state index contributed by atoms with van der Waals surface area (Å²) in [4.78, 5) is 20.9. The molecule has 1 aromatic carbocycles. The van der Waals surface area contributed by atoms with Crippen molar-refractivity contribution in [1.82, 2.24) is 0 Å². The van der Waals surface area contributed by atoms with Crippen LogP contribution in [-0.2, 0) is 9.53 Å². The van der Waals surface area contributed by atoms with Gasteiger partial charge in [-0.15, -0.1) is 0 Å². The van der Waals surface area contributed by atoms with Gasteiger partial charge in [0.2, 0.25) is 0 Å². The fraction of sp³-hybridized carbons (Fsp3) is 0.100. The van der Waals surface area contributed by atoms with Crippen LogP contribution in [-0.4, -0.2) is 18.0 Å². The second-order valence-corrected chi connectivity index (χ2v) is 2.67. The average Bonchev–Trinajstić information content (AvgIpc) is 2.26. The highest BCUT2D eigenvalue weighted by Crippen LogP contribution is 2.18. The van der Waals surface area contributed by atoms with Gasteiger partial charge in [-0.05, 0) is 12.1 Å². The lowest BCUT2D eigenvalue weighted by atomic mass is 10.1. The molecule has 0 aliphatic carbocycles. The Labute approximate surface area is 86.1 Å². The molecule has 0 bridgehead atoms. The fourth-order valence-corrected chi connectivity index (χ4v) is 1.02. The molecule has 0 radical (unpaired) electrons. The SMILES string of the molecule is COC(=O)/C=C\c1ccccc1[N+](=O)[O-]. The first kappa shape index (κ1) is 10.9. The molecule has 0 amide bonds. The van der Waals surface area contributed by atoms with Crippen LogP contribution >= 0.6 is 0 Å². The fourth-order valence-electron chi connectivity index (χ4n) is 1.02. The molecule has 0 unspecified atom stereocenters. The molecule has 0 spiro atoms. The Morgan fingerprint density at radius 3 is 2.73 bits per heavy atom. The van der Waals surface area contributed by atoms with Crippen LogP contribution in [0.15, 0.2) is 30.3 Å². The minimum atomic E-state index is -0.548. The quantitative estimate of drug-likeness (QED) is 0.328. The Morgan fingerprint density at radius 1 is 1.47 bits per heavy atom. The summed E-state index contributed by atoms with van der Waals surface area (Å²) in [6.07, 6.45) is 2.49. The van der Waals surface area contributed by atoms with Crippen molar-refractivity contribution in [2.24, 2.45) is 0 Å². The normalized spacial score (nSPS) is 10.2. The van der Waals surface area contributed by atoms with E-state index in [-0.39, 0.29) is 5.69 Å². The zero-order valence-electron chi connectivity index (χ0n) is 8.04. The summed E-state index contributed by atoms with van der Waals surface area (Å²) < 4.78 is 4.38. The van der Waals surface area contributed by atoms with E-state index < -0.39 is 10.9 Å².